The number of methoxy groups -OCH3 is 2. The summed E-state index contributed by atoms with van der Waals surface area (Å²) in [5.41, 5.74) is 1.58. The Morgan fingerprint density at radius 2 is 1.65 bits per heavy atom. The second-order valence-electron chi connectivity index (χ2n) is 6.70. The molecule has 0 fully saturated rings. The summed E-state index contributed by atoms with van der Waals surface area (Å²) in [5.74, 6) is 0.567. The summed E-state index contributed by atoms with van der Waals surface area (Å²) < 4.78 is 50.9. The molecule has 0 aliphatic carbocycles. The number of pyridine rings is 1. The van der Waals surface area contributed by atoms with Crippen LogP contribution >= 0.6 is 11.6 Å². The van der Waals surface area contributed by atoms with E-state index in [2.05, 4.69) is 4.98 Å². The van der Waals surface area contributed by atoms with Gasteiger partial charge >= 0.3 is 0 Å². The Hall–Kier alpha value is -3.16. The molecule has 0 spiro atoms. The van der Waals surface area contributed by atoms with Crippen molar-refractivity contribution in [2.24, 2.45) is 0 Å². The molecule has 0 unspecified atom stereocenters. The van der Waals surface area contributed by atoms with Gasteiger partial charge in [0.1, 0.15) is 17.3 Å². The Morgan fingerprint density at radius 1 is 0.903 bits per heavy atom. The molecular formula is C23H17ClFNO4S. The van der Waals surface area contributed by atoms with Crippen molar-refractivity contribution in [3.8, 4) is 22.6 Å². The van der Waals surface area contributed by atoms with Crippen molar-refractivity contribution >= 4 is 32.3 Å². The Morgan fingerprint density at radius 3 is 2.29 bits per heavy atom. The smallest absolute Gasteiger partial charge is 0.223 e. The third kappa shape index (κ3) is 3.94. The quantitative estimate of drug-likeness (QED) is 0.393. The Bertz CT molecular complexity index is 1390. The zero-order valence-electron chi connectivity index (χ0n) is 16.6. The fourth-order valence-corrected chi connectivity index (χ4v) is 4.83. The molecule has 0 aliphatic heterocycles. The van der Waals surface area contributed by atoms with E-state index < -0.39 is 15.7 Å². The molecule has 31 heavy (non-hydrogen) atoms. The lowest BCUT2D eigenvalue weighted by molar-refractivity contribution is 0.414. The highest BCUT2D eigenvalue weighted by atomic mass is 35.5. The molecule has 0 amide bonds. The predicted octanol–water partition coefficient (Wildman–Crippen LogP) is 5.54. The summed E-state index contributed by atoms with van der Waals surface area (Å²) >= 11 is 6.13. The molecule has 0 bridgehead atoms. The molecule has 4 aromatic rings. The molecule has 0 atom stereocenters. The number of rotatable bonds is 5. The molecular weight excluding hydrogens is 441 g/mol. The van der Waals surface area contributed by atoms with Gasteiger partial charge in [-0.25, -0.2) is 17.8 Å². The Labute approximate surface area is 183 Å². The fourth-order valence-electron chi connectivity index (χ4n) is 3.26. The summed E-state index contributed by atoms with van der Waals surface area (Å²) in [4.78, 5) is 4.28. The van der Waals surface area contributed by atoms with Gasteiger partial charge in [0, 0.05) is 5.39 Å². The van der Waals surface area contributed by atoms with Crippen LogP contribution in [0, 0.1) is 5.82 Å². The maximum atomic E-state index is 14.0. The van der Waals surface area contributed by atoms with Gasteiger partial charge in [-0.15, -0.1) is 0 Å². The molecule has 4 rings (SSSR count). The van der Waals surface area contributed by atoms with Gasteiger partial charge in [0.2, 0.25) is 9.84 Å². The molecule has 3 aromatic carbocycles. The van der Waals surface area contributed by atoms with E-state index in [0.29, 0.717) is 33.5 Å². The Balaban J connectivity index is 1.94. The molecule has 158 valence electrons. The number of aromatic nitrogens is 1. The number of benzene rings is 3. The van der Waals surface area contributed by atoms with E-state index in [0.717, 1.165) is 0 Å². The van der Waals surface area contributed by atoms with Crippen LogP contribution in [-0.4, -0.2) is 27.6 Å². The van der Waals surface area contributed by atoms with E-state index in [1.165, 1.54) is 49.6 Å². The first-order chi connectivity index (χ1) is 14.8. The van der Waals surface area contributed by atoms with Crippen LogP contribution in [-0.2, 0) is 9.84 Å². The zero-order valence-corrected chi connectivity index (χ0v) is 18.2. The number of hydrogen-bond donors (Lipinski definition) is 0. The van der Waals surface area contributed by atoms with Crippen molar-refractivity contribution in [1.29, 1.82) is 0 Å². The summed E-state index contributed by atoms with van der Waals surface area (Å²) in [6.07, 6.45) is 0. The molecule has 0 radical (unpaired) electrons. The van der Waals surface area contributed by atoms with Gasteiger partial charge in [0.05, 0.1) is 29.7 Å². The van der Waals surface area contributed by atoms with Gasteiger partial charge in [0.25, 0.3) is 0 Å². The van der Waals surface area contributed by atoms with Crippen molar-refractivity contribution in [1.82, 2.24) is 4.98 Å². The highest BCUT2D eigenvalue weighted by Gasteiger charge is 2.23. The van der Waals surface area contributed by atoms with E-state index >= 15 is 0 Å². The lowest BCUT2D eigenvalue weighted by atomic mass is 10.0. The first-order valence-corrected chi connectivity index (χ1v) is 11.0. The third-order valence-corrected chi connectivity index (χ3v) is 6.79. The minimum Gasteiger partial charge on any atom is -0.497 e. The highest BCUT2D eigenvalue weighted by Crippen LogP contribution is 2.34. The molecule has 1 heterocycles. The molecule has 0 N–H and O–H groups in total. The van der Waals surface area contributed by atoms with E-state index in [4.69, 9.17) is 21.1 Å². The van der Waals surface area contributed by atoms with Gasteiger partial charge in [-0.1, -0.05) is 23.7 Å². The van der Waals surface area contributed by atoms with Crippen molar-refractivity contribution in [3.63, 3.8) is 0 Å². The van der Waals surface area contributed by atoms with Crippen LogP contribution in [0.2, 0.25) is 5.02 Å². The maximum Gasteiger partial charge on any atom is 0.223 e. The minimum absolute atomic E-state index is 0.0204. The van der Waals surface area contributed by atoms with Gasteiger partial charge in [-0.3, -0.25) is 0 Å². The molecule has 1 aromatic heterocycles. The zero-order chi connectivity index (χ0) is 22.2. The second kappa shape index (κ2) is 8.17. The Kier molecular flexibility index (Phi) is 5.56. The number of fused-ring (bicyclic) bond motifs is 1. The van der Waals surface area contributed by atoms with Crippen molar-refractivity contribution < 1.29 is 22.3 Å². The normalized spacial score (nSPS) is 11.5. The number of halogens is 2. The van der Waals surface area contributed by atoms with Crippen LogP contribution in [0.25, 0.3) is 22.0 Å². The lowest BCUT2D eigenvalue weighted by Crippen LogP contribution is -2.06. The standard InChI is InChI=1S/C23H17ClFNO4S/c1-29-16-6-3-14(4-7-16)18-13-23(26-21-9-5-15(25)11-19(18)21)31(27,28)17-8-10-22(30-2)20(24)12-17/h3-13H,1-2H3. The summed E-state index contributed by atoms with van der Waals surface area (Å²) in [7, 11) is -1.00. The largest absolute Gasteiger partial charge is 0.497 e. The van der Waals surface area contributed by atoms with E-state index in [9.17, 15) is 12.8 Å². The maximum absolute atomic E-state index is 14.0. The van der Waals surface area contributed by atoms with E-state index in [1.54, 1.807) is 31.4 Å². The number of hydrogen-bond acceptors (Lipinski definition) is 5. The second-order valence-corrected chi connectivity index (χ2v) is 9.00. The minimum atomic E-state index is -4.00. The predicted molar refractivity (Wildman–Crippen MR) is 117 cm³/mol. The van der Waals surface area contributed by atoms with Crippen LogP contribution in [0.3, 0.4) is 0 Å². The van der Waals surface area contributed by atoms with Crippen molar-refractivity contribution in [3.05, 3.63) is 77.6 Å². The molecule has 8 heteroatoms. The third-order valence-electron chi connectivity index (χ3n) is 4.86. The van der Waals surface area contributed by atoms with Gasteiger partial charge in [-0.2, -0.15) is 0 Å². The van der Waals surface area contributed by atoms with Crippen molar-refractivity contribution in [2.45, 2.75) is 9.92 Å². The molecule has 0 aliphatic rings. The van der Waals surface area contributed by atoms with Gasteiger partial charge < -0.3 is 9.47 Å². The monoisotopic (exact) mass is 457 g/mol. The van der Waals surface area contributed by atoms with Gasteiger partial charge in [-0.05, 0) is 65.7 Å². The first kappa shape index (κ1) is 21.1. The molecule has 0 saturated heterocycles. The first-order valence-electron chi connectivity index (χ1n) is 9.17. The highest BCUT2D eigenvalue weighted by molar-refractivity contribution is 7.91. The number of sulfone groups is 1. The van der Waals surface area contributed by atoms with Gasteiger partial charge in [0.15, 0.2) is 5.03 Å². The molecule has 5 nitrogen and oxygen atoms in total. The van der Waals surface area contributed by atoms with Crippen LogP contribution in [0.5, 0.6) is 11.5 Å². The van der Waals surface area contributed by atoms with Crippen molar-refractivity contribution in [2.75, 3.05) is 14.2 Å². The summed E-state index contributed by atoms with van der Waals surface area (Å²) in [5, 5.41) is 0.498. The topological polar surface area (TPSA) is 65.5 Å². The fraction of sp³-hybridized carbons (Fsp3) is 0.0870. The summed E-state index contributed by atoms with van der Waals surface area (Å²) in [6.45, 7) is 0. The van der Waals surface area contributed by atoms with E-state index in [-0.39, 0.29) is 14.9 Å². The average Bonchev–Trinajstić information content (AvgIpc) is 2.78. The number of nitrogens with zero attached hydrogens (tertiary/aromatic N) is 1. The van der Waals surface area contributed by atoms with Crippen LogP contribution < -0.4 is 9.47 Å². The molecule has 0 saturated carbocycles. The van der Waals surface area contributed by atoms with Crippen LogP contribution in [0.15, 0.2) is 76.7 Å². The van der Waals surface area contributed by atoms with E-state index in [1.807, 2.05) is 0 Å². The average molecular weight is 458 g/mol. The lowest BCUT2D eigenvalue weighted by Gasteiger charge is -2.12. The van der Waals surface area contributed by atoms with Crippen LogP contribution in [0.4, 0.5) is 4.39 Å². The van der Waals surface area contributed by atoms with Crippen LogP contribution in [0.1, 0.15) is 0 Å². The number of ether oxygens (including phenoxy) is 2. The summed E-state index contributed by atoms with van der Waals surface area (Å²) in [6, 6.07) is 16.7. The SMILES string of the molecule is COc1ccc(-c2cc(S(=O)(=O)c3ccc(OC)c(Cl)c3)nc3ccc(F)cc23)cc1.